The minimum Gasteiger partial charge on any atom is -0.548 e. The molecule has 0 spiro atoms. The van der Waals surface area contributed by atoms with Gasteiger partial charge in [-0.3, -0.25) is 9.88 Å². The van der Waals surface area contributed by atoms with E-state index in [2.05, 4.69) is 5.32 Å². The Morgan fingerprint density at radius 3 is 2.31 bits per heavy atom. The van der Waals surface area contributed by atoms with Crippen molar-refractivity contribution in [2.75, 3.05) is 6.29 Å². The summed E-state index contributed by atoms with van der Waals surface area (Å²) in [5.41, 5.74) is 0. The van der Waals surface area contributed by atoms with Gasteiger partial charge < -0.3 is 29.5 Å². The van der Waals surface area contributed by atoms with Gasteiger partial charge in [0.05, 0.1) is 24.4 Å². The van der Waals surface area contributed by atoms with E-state index in [1.807, 2.05) is 0 Å². The number of aliphatic hydroxyl groups is 1. The highest BCUT2D eigenvalue weighted by Crippen LogP contribution is 2.32. The molecule has 0 radical (unpaired) electrons. The molecule has 0 heterocycles. The van der Waals surface area contributed by atoms with Crippen LogP contribution >= 0.6 is 7.60 Å². The van der Waals surface area contributed by atoms with Crippen LogP contribution in [0.4, 0.5) is 0 Å². The molecule has 0 saturated carbocycles. The second kappa shape index (κ2) is 6.29. The summed E-state index contributed by atoms with van der Waals surface area (Å²) in [6.45, 7) is 2.62. The number of aliphatic hydroxyl groups excluding tert-OH is 1. The number of aliphatic carboxylic acids is 1. The van der Waals surface area contributed by atoms with Crippen molar-refractivity contribution in [1.82, 2.24) is 5.32 Å². The maximum Gasteiger partial charge on any atom is 0.339 e. The Hall–Kier alpha value is -0.500. The van der Waals surface area contributed by atoms with E-state index in [9.17, 15) is 14.5 Å². The smallest absolute Gasteiger partial charge is 0.339 e. The molecular weight excluding hydrogens is 241 g/mol. The van der Waals surface area contributed by atoms with Crippen molar-refractivity contribution in [3.05, 3.63) is 0 Å². The molecule has 96 valence electrons. The van der Waals surface area contributed by atoms with Crippen molar-refractivity contribution in [2.24, 2.45) is 0 Å². The van der Waals surface area contributed by atoms with Gasteiger partial charge in [-0.25, -0.2) is 0 Å². The highest BCUT2D eigenvalue weighted by molar-refractivity contribution is 7.51. The van der Waals surface area contributed by atoms with Crippen LogP contribution in [0.1, 0.15) is 13.8 Å². The quantitative estimate of drug-likeness (QED) is 0.291. The van der Waals surface area contributed by atoms with Gasteiger partial charge in [-0.1, -0.05) is 0 Å². The molecule has 0 bridgehead atoms. The van der Waals surface area contributed by atoms with Gasteiger partial charge in [0.25, 0.3) is 0 Å². The van der Waals surface area contributed by atoms with Crippen molar-refractivity contribution < 1.29 is 34.1 Å². The van der Waals surface area contributed by atoms with E-state index in [4.69, 9.17) is 19.6 Å². The molecule has 9 heteroatoms. The number of carboxylic acids is 1. The van der Waals surface area contributed by atoms with Gasteiger partial charge in [-0.2, -0.15) is 0 Å². The highest BCUT2D eigenvalue weighted by atomic mass is 31.2. The van der Waals surface area contributed by atoms with E-state index in [1.165, 1.54) is 13.8 Å². The number of carbonyl (C=O) groups is 1. The molecule has 0 aromatic carbocycles. The fraction of sp³-hybridized carbons (Fsp3) is 0.857. The summed E-state index contributed by atoms with van der Waals surface area (Å²) in [7, 11) is -4.35. The minimum atomic E-state index is -4.35. The number of hydrogen-bond acceptors (Lipinski definition) is 6. The van der Waals surface area contributed by atoms with Crippen molar-refractivity contribution in [1.29, 1.82) is 0 Å². The largest absolute Gasteiger partial charge is 0.548 e. The molecule has 0 saturated heterocycles. The minimum absolute atomic E-state index is 0.806. The number of hydrogen-bond donors (Lipinski definition) is 4. The molecule has 0 amide bonds. The lowest BCUT2D eigenvalue weighted by Gasteiger charge is -2.27. The zero-order valence-electron chi connectivity index (χ0n) is 8.86. The predicted octanol–water partition coefficient (Wildman–Crippen LogP) is -2.43. The van der Waals surface area contributed by atoms with Gasteiger partial charge >= 0.3 is 7.60 Å². The first-order valence-corrected chi connectivity index (χ1v) is 6.25. The summed E-state index contributed by atoms with van der Waals surface area (Å²) in [5.74, 6) is -1.57. The first-order valence-electron chi connectivity index (χ1n) is 4.46. The fourth-order valence-electron chi connectivity index (χ4n) is 1.05. The molecule has 0 aromatic heterocycles. The standard InChI is InChI=1S/C7H16NO7P/c1-4(15-5(2)9)6(7(10)11)8-3-16(12,13)14/h4-6,8-9H,3H2,1-2H3,(H,10,11)(H2,12,13,14)/p-1. The number of ether oxygens (including phenoxy) is 1. The Morgan fingerprint density at radius 2 is 2.00 bits per heavy atom. The molecule has 0 rings (SSSR count). The maximum atomic E-state index is 10.7. The Bertz CT molecular complexity index is 276. The van der Waals surface area contributed by atoms with Gasteiger partial charge in [0.2, 0.25) is 0 Å². The van der Waals surface area contributed by atoms with Crippen LogP contribution in [0.5, 0.6) is 0 Å². The van der Waals surface area contributed by atoms with Crippen LogP contribution in [0.15, 0.2) is 0 Å². The van der Waals surface area contributed by atoms with E-state index in [-0.39, 0.29) is 0 Å². The van der Waals surface area contributed by atoms with Crippen LogP contribution < -0.4 is 10.4 Å². The van der Waals surface area contributed by atoms with E-state index in [0.717, 1.165) is 0 Å². The summed E-state index contributed by atoms with van der Waals surface area (Å²) in [4.78, 5) is 27.8. The van der Waals surface area contributed by atoms with Crippen molar-refractivity contribution >= 4 is 13.6 Å². The summed E-state index contributed by atoms with van der Waals surface area (Å²) in [6.07, 6.45) is -2.98. The normalized spacial score (nSPS) is 17.8. The fourth-order valence-corrected chi connectivity index (χ4v) is 1.48. The number of rotatable bonds is 7. The average Bonchev–Trinajstić information content (AvgIpc) is 1.99. The lowest BCUT2D eigenvalue weighted by Crippen LogP contribution is -2.53. The van der Waals surface area contributed by atoms with Crippen molar-refractivity contribution in [3.63, 3.8) is 0 Å². The maximum absolute atomic E-state index is 10.7. The zero-order valence-corrected chi connectivity index (χ0v) is 9.76. The molecule has 8 nitrogen and oxygen atoms in total. The summed E-state index contributed by atoms with van der Waals surface area (Å²) < 4.78 is 15.3. The van der Waals surface area contributed by atoms with Crippen molar-refractivity contribution in [3.8, 4) is 0 Å². The molecule has 0 aromatic rings. The average molecular weight is 256 g/mol. The monoisotopic (exact) mass is 256 g/mol. The van der Waals surface area contributed by atoms with E-state index in [1.54, 1.807) is 0 Å². The van der Waals surface area contributed by atoms with E-state index >= 15 is 0 Å². The van der Waals surface area contributed by atoms with Gasteiger partial charge in [-0.15, -0.1) is 0 Å². The Labute approximate surface area is 92.4 Å². The number of carbonyl (C=O) groups excluding carboxylic acids is 1. The van der Waals surface area contributed by atoms with E-state index in [0.29, 0.717) is 0 Å². The summed E-state index contributed by atoms with van der Waals surface area (Å²) in [6, 6.07) is -1.41. The van der Waals surface area contributed by atoms with E-state index < -0.39 is 38.3 Å². The van der Waals surface area contributed by atoms with Crippen molar-refractivity contribution in [2.45, 2.75) is 32.3 Å². The third-order valence-electron chi connectivity index (χ3n) is 1.65. The molecule has 0 aliphatic rings. The molecule has 0 aliphatic carbocycles. The number of nitrogens with one attached hydrogen (secondary N) is 1. The molecule has 3 atom stereocenters. The SMILES string of the molecule is CC(O)OC(C)C(NCP(=O)(O)O)C(=O)[O-]. The van der Waals surface area contributed by atoms with Crippen LogP contribution in [0.2, 0.25) is 0 Å². The topological polar surface area (TPSA) is 139 Å². The van der Waals surface area contributed by atoms with Crippen LogP contribution in [0.25, 0.3) is 0 Å². The number of carboxylic acid groups (broad SMARTS) is 1. The molecule has 0 aliphatic heterocycles. The molecular formula is C7H15NO7P-. The zero-order chi connectivity index (χ0) is 12.9. The second-order valence-electron chi connectivity index (χ2n) is 3.26. The first kappa shape index (κ1) is 15.5. The lowest BCUT2D eigenvalue weighted by atomic mass is 10.2. The summed E-state index contributed by atoms with van der Waals surface area (Å²) >= 11 is 0. The Morgan fingerprint density at radius 1 is 1.50 bits per heavy atom. The third-order valence-corrected chi connectivity index (χ3v) is 2.25. The van der Waals surface area contributed by atoms with Crippen LogP contribution in [-0.4, -0.2) is 45.6 Å². The summed E-state index contributed by atoms with van der Waals surface area (Å²) in [5, 5.41) is 21.6. The molecule has 3 unspecified atom stereocenters. The Balaban J connectivity index is 4.38. The Kier molecular flexibility index (Phi) is 6.09. The van der Waals surface area contributed by atoms with Crippen LogP contribution in [-0.2, 0) is 14.1 Å². The molecule has 0 fully saturated rings. The van der Waals surface area contributed by atoms with Gasteiger partial charge in [0.1, 0.15) is 0 Å². The van der Waals surface area contributed by atoms with Crippen LogP contribution in [0.3, 0.4) is 0 Å². The first-order chi connectivity index (χ1) is 7.13. The predicted molar refractivity (Wildman–Crippen MR) is 51.1 cm³/mol. The van der Waals surface area contributed by atoms with Gasteiger partial charge in [0, 0.05) is 0 Å². The third kappa shape index (κ3) is 6.89. The second-order valence-corrected chi connectivity index (χ2v) is 4.91. The molecule has 16 heavy (non-hydrogen) atoms. The van der Waals surface area contributed by atoms with Gasteiger partial charge in [0.15, 0.2) is 6.29 Å². The van der Waals surface area contributed by atoms with Crippen LogP contribution in [0, 0.1) is 0 Å². The lowest BCUT2D eigenvalue weighted by molar-refractivity contribution is -0.311. The van der Waals surface area contributed by atoms with Gasteiger partial charge in [-0.05, 0) is 13.8 Å². The molecule has 4 N–H and O–H groups in total. The highest BCUT2D eigenvalue weighted by Gasteiger charge is 2.23.